The number of aliphatic carboxylic acids is 1. The molecule has 1 fully saturated rings. The Balaban J connectivity index is 2.35. The Kier molecular flexibility index (Phi) is 5.77. The second-order valence-electron chi connectivity index (χ2n) is 6.27. The molecule has 0 aliphatic carbocycles. The predicted molar refractivity (Wildman–Crippen MR) is 77.5 cm³/mol. The summed E-state index contributed by atoms with van der Waals surface area (Å²) >= 11 is 0. The Morgan fingerprint density at radius 3 is 2.21 bits per heavy atom. The van der Waals surface area contributed by atoms with Crippen LogP contribution in [0.3, 0.4) is 0 Å². The third kappa shape index (κ3) is 4.44. The zero-order valence-electron chi connectivity index (χ0n) is 13.0. The number of likely N-dealkylation sites (N-methyl/N-ethyl adjacent to an activating group) is 1. The van der Waals surface area contributed by atoms with E-state index in [2.05, 4.69) is 35.6 Å². The van der Waals surface area contributed by atoms with Crippen molar-refractivity contribution in [1.29, 1.82) is 0 Å². The maximum Gasteiger partial charge on any atom is 0.323 e. The standard InChI is InChI=1S/C14H29N3O2/c1-12(2)15(5)6-7-16-8-10-17(11-9-16)14(3,4)13(18)19/h12H,6-11H2,1-5H3,(H,18,19). The molecule has 1 aliphatic rings. The molecule has 112 valence electrons. The summed E-state index contributed by atoms with van der Waals surface area (Å²) in [5, 5.41) is 9.23. The molecule has 1 heterocycles. The van der Waals surface area contributed by atoms with Gasteiger partial charge in [0.1, 0.15) is 5.54 Å². The molecular weight excluding hydrogens is 242 g/mol. The molecule has 1 saturated heterocycles. The van der Waals surface area contributed by atoms with Crippen LogP contribution in [0.1, 0.15) is 27.7 Å². The second-order valence-corrected chi connectivity index (χ2v) is 6.27. The highest BCUT2D eigenvalue weighted by Gasteiger charge is 2.36. The van der Waals surface area contributed by atoms with Crippen molar-refractivity contribution in [2.45, 2.75) is 39.3 Å². The SMILES string of the molecule is CC(C)N(C)CCN1CCN(C(C)(C)C(=O)O)CC1. The van der Waals surface area contributed by atoms with Crippen molar-refractivity contribution in [2.75, 3.05) is 46.3 Å². The first kappa shape index (κ1) is 16.4. The van der Waals surface area contributed by atoms with Crippen LogP contribution in [0.2, 0.25) is 0 Å². The lowest BCUT2D eigenvalue weighted by Gasteiger charge is -2.42. The molecule has 19 heavy (non-hydrogen) atoms. The molecule has 0 unspecified atom stereocenters. The molecule has 1 N–H and O–H groups in total. The van der Waals surface area contributed by atoms with E-state index in [4.69, 9.17) is 0 Å². The van der Waals surface area contributed by atoms with Gasteiger partial charge in [0.25, 0.3) is 0 Å². The molecular formula is C14H29N3O2. The van der Waals surface area contributed by atoms with E-state index in [9.17, 15) is 9.90 Å². The van der Waals surface area contributed by atoms with Crippen LogP contribution >= 0.6 is 0 Å². The van der Waals surface area contributed by atoms with Crippen LogP contribution in [-0.4, -0.2) is 83.7 Å². The van der Waals surface area contributed by atoms with Gasteiger partial charge in [-0.1, -0.05) is 0 Å². The second kappa shape index (κ2) is 6.68. The molecule has 0 amide bonds. The van der Waals surface area contributed by atoms with E-state index < -0.39 is 11.5 Å². The molecule has 0 atom stereocenters. The first-order chi connectivity index (χ1) is 8.75. The smallest absolute Gasteiger partial charge is 0.323 e. The van der Waals surface area contributed by atoms with E-state index in [1.54, 1.807) is 13.8 Å². The summed E-state index contributed by atoms with van der Waals surface area (Å²) in [6, 6.07) is 0.576. The highest BCUT2D eigenvalue weighted by Crippen LogP contribution is 2.17. The van der Waals surface area contributed by atoms with Crippen molar-refractivity contribution in [3.8, 4) is 0 Å². The number of carbonyl (C=O) groups is 1. The highest BCUT2D eigenvalue weighted by atomic mass is 16.4. The maximum atomic E-state index is 11.2. The monoisotopic (exact) mass is 271 g/mol. The van der Waals surface area contributed by atoms with Gasteiger partial charge < -0.3 is 10.0 Å². The van der Waals surface area contributed by atoms with Gasteiger partial charge in [0, 0.05) is 45.3 Å². The van der Waals surface area contributed by atoms with Crippen molar-refractivity contribution in [2.24, 2.45) is 0 Å². The van der Waals surface area contributed by atoms with E-state index in [0.29, 0.717) is 6.04 Å². The molecule has 0 aromatic rings. The fourth-order valence-corrected chi connectivity index (χ4v) is 2.22. The quantitative estimate of drug-likeness (QED) is 0.774. The predicted octanol–water partition coefficient (Wildman–Crippen LogP) is 0.807. The van der Waals surface area contributed by atoms with Gasteiger partial charge in [-0.05, 0) is 34.7 Å². The minimum Gasteiger partial charge on any atom is -0.480 e. The molecule has 0 aromatic heterocycles. The Morgan fingerprint density at radius 1 is 1.26 bits per heavy atom. The normalized spacial score (nSPS) is 19.3. The van der Waals surface area contributed by atoms with Gasteiger partial charge in [-0.25, -0.2) is 0 Å². The molecule has 0 aromatic carbocycles. The minimum absolute atomic E-state index is 0.576. The summed E-state index contributed by atoms with van der Waals surface area (Å²) in [4.78, 5) is 18.1. The lowest BCUT2D eigenvalue weighted by molar-refractivity contribution is -0.150. The van der Waals surface area contributed by atoms with Gasteiger partial charge in [0.15, 0.2) is 0 Å². The van der Waals surface area contributed by atoms with Gasteiger partial charge >= 0.3 is 5.97 Å². The van der Waals surface area contributed by atoms with Gasteiger partial charge in [0.05, 0.1) is 0 Å². The summed E-state index contributed by atoms with van der Waals surface area (Å²) in [6.07, 6.45) is 0. The fraction of sp³-hybridized carbons (Fsp3) is 0.929. The van der Waals surface area contributed by atoms with E-state index in [0.717, 1.165) is 39.3 Å². The zero-order valence-corrected chi connectivity index (χ0v) is 13.0. The van der Waals surface area contributed by atoms with Crippen LogP contribution in [0, 0.1) is 0 Å². The van der Waals surface area contributed by atoms with Crippen molar-refractivity contribution < 1.29 is 9.90 Å². The number of nitrogens with zero attached hydrogens (tertiary/aromatic N) is 3. The summed E-state index contributed by atoms with van der Waals surface area (Å²) in [5.41, 5.74) is -0.749. The lowest BCUT2D eigenvalue weighted by Crippen LogP contribution is -2.58. The van der Waals surface area contributed by atoms with E-state index in [1.807, 2.05) is 0 Å². The van der Waals surface area contributed by atoms with Crippen LogP contribution in [0.15, 0.2) is 0 Å². The van der Waals surface area contributed by atoms with Gasteiger partial charge in [-0.2, -0.15) is 0 Å². The Hall–Kier alpha value is -0.650. The molecule has 0 saturated carbocycles. The Bertz CT molecular complexity index is 297. The van der Waals surface area contributed by atoms with Crippen molar-refractivity contribution in [3.63, 3.8) is 0 Å². The Morgan fingerprint density at radius 2 is 1.79 bits per heavy atom. The third-order valence-corrected chi connectivity index (χ3v) is 4.34. The van der Waals surface area contributed by atoms with Crippen LogP contribution in [0.25, 0.3) is 0 Å². The fourth-order valence-electron chi connectivity index (χ4n) is 2.22. The maximum absolute atomic E-state index is 11.2. The van der Waals surface area contributed by atoms with E-state index in [1.165, 1.54) is 0 Å². The lowest BCUT2D eigenvalue weighted by atomic mass is 10.0. The van der Waals surface area contributed by atoms with E-state index >= 15 is 0 Å². The molecule has 0 spiro atoms. The van der Waals surface area contributed by atoms with Crippen LogP contribution in [0.4, 0.5) is 0 Å². The van der Waals surface area contributed by atoms with Crippen molar-refractivity contribution >= 4 is 5.97 Å². The summed E-state index contributed by atoms with van der Waals surface area (Å²) in [6.45, 7) is 13.7. The Labute approximate surface area is 117 Å². The van der Waals surface area contributed by atoms with Crippen LogP contribution < -0.4 is 0 Å². The number of hydrogen-bond acceptors (Lipinski definition) is 4. The summed E-state index contributed by atoms with van der Waals surface area (Å²) in [5.74, 6) is -0.736. The number of carboxylic acid groups (broad SMARTS) is 1. The first-order valence-corrected chi connectivity index (χ1v) is 7.16. The summed E-state index contributed by atoms with van der Waals surface area (Å²) < 4.78 is 0. The highest BCUT2D eigenvalue weighted by molar-refractivity contribution is 5.77. The number of carboxylic acids is 1. The van der Waals surface area contributed by atoms with Crippen LogP contribution in [-0.2, 0) is 4.79 Å². The summed E-state index contributed by atoms with van der Waals surface area (Å²) in [7, 11) is 2.15. The van der Waals surface area contributed by atoms with Gasteiger partial charge in [0.2, 0.25) is 0 Å². The molecule has 5 nitrogen and oxygen atoms in total. The minimum atomic E-state index is -0.749. The average Bonchev–Trinajstić information content (AvgIpc) is 2.36. The average molecular weight is 271 g/mol. The molecule has 0 radical (unpaired) electrons. The van der Waals surface area contributed by atoms with Crippen molar-refractivity contribution in [1.82, 2.24) is 14.7 Å². The molecule has 5 heteroatoms. The van der Waals surface area contributed by atoms with Gasteiger partial charge in [-0.15, -0.1) is 0 Å². The number of piperazine rings is 1. The molecule has 1 rings (SSSR count). The van der Waals surface area contributed by atoms with E-state index in [-0.39, 0.29) is 0 Å². The van der Waals surface area contributed by atoms with Gasteiger partial charge in [-0.3, -0.25) is 14.6 Å². The van der Waals surface area contributed by atoms with Crippen LogP contribution in [0.5, 0.6) is 0 Å². The first-order valence-electron chi connectivity index (χ1n) is 7.16. The molecule has 1 aliphatic heterocycles. The number of hydrogen-bond donors (Lipinski definition) is 1. The number of rotatable bonds is 6. The zero-order chi connectivity index (χ0) is 14.6. The largest absolute Gasteiger partial charge is 0.480 e. The van der Waals surface area contributed by atoms with Crippen molar-refractivity contribution in [3.05, 3.63) is 0 Å². The topological polar surface area (TPSA) is 47.0 Å². The molecule has 0 bridgehead atoms. The third-order valence-electron chi connectivity index (χ3n) is 4.34.